The largest absolute Gasteiger partial charge is 0.328 e. The fraction of sp³-hybridized carbons (Fsp3) is 0.562. The van der Waals surface area contributed by atoms with E-state index in [2.05, 4.69) is 43.0 Å². The van der Waals surface area contributed by atoms with E-state index in [1.165, 1.54) is 5.56 Å². The second-order valence-corrected chi connectivity index (χ2v) is 4.93. The molecule has 0 aliphatic heterocycles. The van der Waals surface area contributed by atoms with Gasteiger partial charge in [-0.2, -0.15) is 0 Å². The molecule has 6 heteroatoms. The van der Waals surface area contributed by atoms with Crippen LogP contribution in [-0.4, -0.2) is 40.6 Å². The topological polar surface area (TPSA) is 83.7 Å². The molecular formula is C16H26N2O4. The highest BCUT2D eigenvalue weighted by molar-refractivity contribution is 5.80. The second-order valence-electron chi connectivity index (χ2n) is 4.93. The standard InChI is InChI=1S/C16H25NO.HNO3/c1-3-17(4-2)14-16(18)13-9-8-12-15-10-6-5-7-11-15;2-1(3)4/h5-7,10-11H,3-4,8-9,12-14H2,1-2H3;(H,2,3,4). The summed E-state index contributed by atoms with van der Waals surface area (Å²) >= 11 is 0. The minimum absolute atomic E-state index is 0.381. The van der Waals surface area contributed by atoms with Gasteiger partial charge in [0.15, 0.2) is 0 Å². The van der Waals surface area contributed by atoms with Crippen molar-refractivity contribution in [3.8, 4) is 0 Å². The molecule has 1 N–H and O–H groups in total. The van der Waals surface area contributed by atoms with Gasteiger partial charge in [-0.15, -0.1) is 10.1 Å². The van der Waals surface area contributed by atoms with Crippen molar-refractivity contribution in [2.45, 2.75) is 39.5 Å². The minimum Gasteiger partial charge on any atom is -0.328 e. The third-order valence-electron chi connectivity index (χ3n) is 3.31. The molecular weight excluding hydrogens is 284 g/mol. The van der Waals surface area contributed by atoms with Crippen molar-refractivity contribution in [1.82, 2.24) is 4.90 Å². The van der Waals surface area contributed by atoms with E-state index >= 15 is 0 Å². The van der Waals surface area contributed by atoms with Crippen molar-refractivity contribution in [3.05, 3.63) is 46.0 Å². The first-order chi connectivity index (χ1) is 10.5. The fourth-order valence-electron chi connectivity index (χ4n) is 2.07. The van der Waals surface area contributed by atoms with Gasteiger partial charge in [-0.3, -0.25) is 9.69 Å². The number of aryl methyl sites for hydroxylation is 1. The summed E-state index contributed by atoms with van der Waals surface area (Å²) in [6.45, 7) is 6.76. The Hall–Kier alpha value is -1.95. The molecule has 0 aromatic heterocycles. The molecule has 0 amide bonds. The molecule has 1 rings (SSSR count). The van der Waals surface area contributed by atoms with Gasteiger partial charge in [0.25, 0.3) is 5.09 Å². The maximum absolute atomic E-state index is 11.7. The van der Waals surface area contributed by atoms with Crippen LogP contribution in [0, 0.1) is 10.1 Å². The predicted octanol–water partition coefficient (Wildman–Crippen LogP) is 2.96. The number of benzene rings is 1. The predicted molar refractivity (Wildman–Crippen MR) is 85.6 cm³/mol. The molecule has 6 nitrogen and oxygen atoms in total. The summed E-state index contributed by atoms with van der Waals surface area (Å²) in [6.07, 6.45) is 3.92. The van der Waals surface area contributed by atoms with E-state index in [0.29, 0.717) is 12.3 Å². The zero-order valence-electron chi connectivity index (χ0n) is 13.4. The Labute approximate surface area is 131 Å². The monoisotopic (exact) mass is 310 g/mol. The van der Waals surface area contributed by atoms with Crippen molar-refractivity contribution in [1.29, 1.82) is 0 Å². The number of rotatable bonds is 9. The van der Waals surface area contributed by atoms with E-state index in [4.69, 9.17) is 15.3 Å². The molecule has 0 fully saturated rings. The number of unbranched alkanes of at least 4 members (excludes halogenated alkanes) is 1. The Kier molecular flexibility index (Phi) is 11.6. The van der Waals surface area contributed by atoms with Gasteiger partial charge in [-0.1, -0.05) is 44.2 Å². The third kappa shape index (κ3) is 11.8. The molecule has 0 unspecified atom stereocenters. The van der Waals surface area contributed by atoms with Crippen LogP contribution < -0.4 is 0 Å². The number of nitrogens with zero attached hydrogens (tertiary/aromatic N) is 2. The number of carbonyl (C=O) groups is 1. The number of Topliss-reactive ketones (excluding diaryl/α,β-unsaturated/α-hetero) is 1. The molecule has 0 saturated heterocycles. The fourth-order valence-corrected chi connectivity index (χ4v) is 2.07. The molecule has 0 heterocycles. The van der Waals surface area contributed by atoms with E-state index in [1.807, 2.05) is 6.07 Å². The summed E-state index contributed by atoms with van der Waals surface area (Å²) in [7, 11) is 0. The average Bonchev–Trinajstić information content (AvgIpc) is 2.49. The summed E-state index contributed by atoms with van der Waals surface area (Å²) in [5, 5.41) is 13.6. The van der Waals surface area contributed by atoms with Crippen LogP contribution in [0.25, 0.3) is 0 Å². The molecule has 0 aliphatic rings. The Morgan fingerprint density at radius 2 is 1.73 bits per heavy atom. The van der Waals surface area contributed by atoms with Crippen LogP contribution in [0.3, 0.4) is 0 Å². The molecule has 0 bridgehead atoms. The van der Waals surface area contributed by atoms with Crippen LogP contribution >= 0.6 is 0 Å². The van der Waals surface area contributed by atoms with E-state index < -0.39 is 5.09 Å². The maximum atomic E-state index is 11.7. The van der Waals surface area contributed by atoms with E-state index in [9.17, 15) is 4.79 Å². The molecule has 0 saturated carbocycles. The van der Waals surface area contributed by atoms with Crippen LogP contribution in [0.2, 0.25) is 0 Å². The first-order valence-corrected chi connectivity index (χ1v) is 7.60. The minimum atomic E-state index is -1.50. The van der Waals surface area contributed by atoms with Gasteiger partial charge in [0.05, 0.1) is 6.54 Å². The lowest BCUT2D eigenvalue weighted by atomic mass is 10.1. The van der Waals surface area contributed by atoms with Gasteiger partial charge in [-0.05, 0) is 37.9 Å². The zero-order valence-corrected chi connectivity index (χ0v) is 13.4. The molecule has 0 aliphatic carbocycles. The number of hydrogen-bond donors (Lipinski definition) is 1. The van der Waals surface area contributed by atoms with Crippen LogP contribution in [0.15, 0.2) is 30.3 Å². The van der Waals surface area contributed by atoms with Gasteiger partial charge in [-0.25, -0.2) is 0 Å². The van der Waals surface area contributed by atoms with Gasteiger partial charge < -0.3 is 5.21 Å². The highest BCUT2D eigenvalue weighted by Gasteiger charge is 2.06. The molecule has 124 valence electrons. The average molecular weight is 310 g/mol. The summed E-state index contributed by atoms with van der Waals surface area (Å²) in [5.41, 5.74) is 1.37. The highest BCUT2D eigenvalue weighted by atomic mass is 16.9. The number of hydrogen-bond acceptors (Lipinski definition) is 4. The van der Waals surface area contributed by atoms with Gasteiger partial charge >= 0.3 is 0 Å². The van der Waals surface area contributed by atoms with Gasteiger partial charge in [0.2, 0.25) is 0 Å². The van der Waals surface area contributed by atoms with Crippen LogP contribution in [0.1, 0.15) is 38.7 Å². The normalized spacial score (nSPS) is 9.95. The van der Waals surface area contributed by atoms with Crippen molar-refractivity contribution < 1.29 is 15.1 Å². The Bertz CT molecular complexity index is 415. The Morgan fingerprint density at radius 3 is 2.23 bits per heavy atom. The Morgan fingerprint density at radius 1 is 1.18 bits per heavy atom. The highest BCUT2D eigenvalue weighted by Crippen LogP contribution is 2.06. The number of ketones is 1. The van der Waals surface area contributed by atoms with Crippen molar-refractivity contribution >= 4 is 5.78 Å². The van der Waals surface area contributed by atoms with E-state index in [-0.39, 0.29) is 0 Å². The Balaban J connectivity index is 0.000000980. The molecule has 1 aromatic rings. The first kappa shape index (κ1) is 20.1. The second kappa shape index (κ2) is 12.8. The third-order valence-corrected chi connectivity index (χ3v) is 3.31. The zero-order chi connectivity index (χ0) is 16.8. The van der Waals surface area contributed by atoms with Crippen molar-refractivity contribution in [2.75, 3.05) is 19.6 Å². The molecule has 0 spiro atoms. The summed E-state index contributed by atoms with van der Waals surface area (Å²) < 4.78 is 0. The quantitative estimate of drug-likeness (QED) is 0.430. The smallest absolute Gasteiger partial charge is 0.291 e. The molecule has 0 atom stereocenters. The summed E-state index contributed by atoms with van der Waals surface area (Å²) in [6, 6.07) is 10.5. The van der Waals surface area contributed by atoms with E-state index in [1.54, 1.807) is 0 Å². The molecule has 0 radical (unpaired) electrons. The van der Waals surface area contributed by atoms with Gasteiger partial charge in [0, 0.05) is 6.42 Å². The molecule has 1 aromatic carbocycles. The van der Waals surface area contributed by atoms with Gasteiger partial charge in [0.1, 0.15) is 5.78 Å². The number of likely N-dealkylation sites (N-methyl/N-ethyl adjacent to an activating group) is 1. The van der Waals surface area contributed by atoms with Crippen LogP contribution in [0.5, 0.6) is 0 Å². The maximum Gasteiger partial charge on any atom is 0.291 e. The SMILES string of the molecule is CCN(CC)CC(=O)CCCCc1ccccc1.O=[N+]([O-])O. The first-order valence-electron chi connectivity index (χ1n) is 7.60. The lowest BCUT2D eigenvalue weighted by Gasteiger charge is -2.16. The summed E-state index contributed by atoms with van der Waals surface area (Å²) in [5.74, 6) is 0.381. The van der Waals surface area contributed by atoms with Crippen LogP contribution in [-0.2, 0) is 11.2 Å². The lowest BCUT2D eigenvalue weighted by Crippen LogP contribution is -2.29. The van der Waals surface area contributed by atoms with Crippen LogP contribution in [0.4, 0.5) is 0 Å². The summed E-state index contributed by atoms with van der Waals surface area (Å²) in [4.78, 5) is 22.3. The van der Waals surface area contributed by atoms with Crippen molar-refractivity contribution in [3.63, 3.8) is 0 Å². The number of carbonyl (C=O) groups excluding carboxylic acids is 1. The molecule has 22 heavy (non-hydrogen) atoms. The lowest BCUT2D eigenvalue weighted by molar-refractivity contribution is -0.742. The van der Waals surface area contributed by atoms with E-state index in [0.717, 1.165) is 38.8 Å². The van der Waals surface area contributed by atoms with Crippen molar-refractivity contribution in [2.24, 2.45) is 0 Å².